The summed E-state index contributed by atoms with van der Waals surface area (Å²) in [5.41, 5.74) is 0. The molecule has 14 heteroatoms. The molecule has 0 aromatic heterocycles. The fourth-order valence-corrected chi connectivity index (χ4v) is 14.3. The Morgan fingerprint density at radius 2 is 1.08 bits per heavy atom. The second-order valence-electron chi connectivity index (χ2n) is 6.14. The summed E-state index contributed by atoms with van der Waals surface area (Å²) in [6, 6.07) is 0. The number of carbonyl (C=O) groups is 2. The van der Waals surface area contributed by atoms with Crippen molar-refractivity contribution in [3.63, 3.8) is 0 Å². The number of alkyl halides is 6. The van der Waals surface area contributed by atoms with Crippen LogP contribution >= 0.6 is 0 Å². The number of rotatable bonds is 4. The zero-order valence-electron chi connectivity index (χ0n) is 13.3. The molecular formula is C12H12F6Hg2O6. The Morgan fingerprint density at radius 3 is 1.38 bits per heavy atom. The monoisotopic (exact) mass is 770 g/mol. The van der Waals surface area contributed by atoms with Gasteiger partial charge in [-0.3, -0.25) is 0 Å². The maximum absolute atomic E-state index is 12.2. The van der Waals surface area contributed by atoms with E-state index in [0.29, 0.717) is 25.7 Å². The van der Waals surface area contributed by atoms with Crippen molar-refractivity contribution >= 4 is 11.9 Å². The van der Waals surface area contributed by atoms with Crippen LogP contribution in [0.25, 0.3) is 0 Å². The second kappa shape index (κ2) is 9.21. The van der Waals surface area contributed by atoms with Gasteiger partial charge < -0.3 is 0 Å². The van der Waals surface area contributed by atoms with Gasteiger partial charge in [-0.05, 0) is 0 Å². The fraction of sp³-hybridized carbons (Fsp3) is 0.833. The molecule has 2 aliphatic heterocycles. The summed E-state index contributed by atoms with van der Waals surface area (Å²) in [5, 5.41) is 0. The third kappa shape index (κ3) is 6.43. The molecule has 142 valence electrons. The standard InChI is InChI=1S/C8H12O2.2C2HF3O2.2Hg/c1-3-7-5-2-6-8(4-1)10-9-7;2*3-2(4,5)1(6)7;;/h3,6-8H,1-2,4-5H2;2*(H,6,7);;/q;;;2*+1/p-2/t7-,8+;;;;/m0..../s1. The zero-order chi connectivity index (χ0) is 19.5. The molecule has 0 aromatic carbocycles. The van der Waals surface area contributed by atoms with Crippen molar-refractivity contribution < 1.29 is 101 Å². The molecule has 2 rings (SSSR count). The molecule has 0 radical (unpaired) electrons. The van der Waals surface area contributed by atoms with Crippen molar-refractivity contribution in [2.24, 2.45) is 0 Å². The Bertz CT molecular complexity index is 481. The quantitative estimate of drug-likeness (QED) is 0.249. The van der Waals surface area contributed by atoms with Gasteiger partial charge in [0.1, 0.15) is 0 Å². The van der Waals surface area contributed by atoms with E-state index in [1.165, 1.54) is 0 Å². The van der Waals surface area contributed by atoms with Gasteiger partial charge in [0.25, 0.3) is 0 Å². The first-order valence-corrected chi connectivity index (χ1v) is 18.6. The first kappa shape index (κ1) is 22.6. The van der Waals surface area contributed by atoms with Gasteiger partial charge in [0, 0.05) is 0 Å². The molecule has 6 nitrogen and oxygen atoms in total. The van der Waals surface area contributed by atoms with E-state index in [9.17, 15) is 35.9 Å². The van der Waals surface area contributed by atoms with Crippen LogP contribution in [0.15, 0.2) is 0 Å². The van der Waals surface area contributed by atoms with Crippen molar-refractivity contribution in [1.29, 1.82) is 0 Å². The van der Waals surface area contributed by atoms with Crippen LogP contribution in [-0.2, 0) is 74.7 Å². The molecule has 2 saturated heterocycles. The van der Waals surface area contributed by atoms with Crippen LogP contribution in [0.4, 0.5) is 26.3 Å². The van der Waals surface area contributed by atoms with Gasteiger partial charge in [0.15, 0.2) is 0 Å². The van der Waals surface area contributed by atoms with Crippen molar-refractivity contribution in [3.05, 3.63) is 0 Å². The van der Waals surface area contributed by atoms with Crippen LogP contribution in [0.3, 0.4) is 0 Å². The van der Waals surface area contributed by atoms with Gasteiger partial charge in [-0.1, -0.05) is 0 Å². The second-order valence-corrected chi connectivity index (χ2v) is 19.1. The third-order valence-corrected chi connectivity index (χ3v) is 18.2. The third-order valence-electron chi connectivity index (χ3n) is 4.32. The molecule has 26 heavy (non-hydrogen) atoms. The summed E-state index contributed by atoms with van der Waals surface area (Å²) in [6.45, 7) is 0. The molecule has 2 fully saturated rings. The molecule has 4 atom stereocenters. The van der Waals surface area contributed by atoms with E-state index < -0.39 is 86.6 Å². The molecule has 0 spiro atoms. The van der Waals surface area contributed by atoms with Crippen LogP contribution in [0, 0.1) is 0 Å². The van der Waals surface area contributed by atoms with Gasteiger partial charge in [0.05, 0.1) is 0 Å². The van der Waals surface area contributed by atoms with Gasteiger partial charge >= 0.3 is 170 Å². The van der Waals surface area contributed by atoms with Crippen LogP contribution in [-0.4, -0.2) is 36.5 Å². The number of carbonyl (C=O) groups excluding carboxylic acids is 2. The Hall–Kier alpha value is 0.310. The SMILES string of the molecule is O=C([O][Hg][CH]1CC[C@H]2OO[C@@H]1CC[CH]2[Hg][O]C(=O)C(F)(F)F)C(F)(F)F. The van der Waals surface area contributed by atoms with Gasteiger partial charge in [0.2, 0.25) is 0 Å². The average molecular weight is 767 g/mol. The zero-order valence-corrected chi connectivity index (χ0v) is 24.3. The fourth-order valence-electron chi connectivity index (χ4n) is 2.91. The number of hydrogen-bond acceptors (Lipinski definition) is 6. The summed E-state index contributed by atoms with van der Waals surface area (Å²) in [7, 11) is 0. The Balaban J connectivity index is 1.87. The molecule has 0 N–H and O–H groups in total. The van der Waals surface area contributed by atoms with Crippen LogP contribution < -0.4 is 0 Å². The predicted molar refractivity (Wildman–Crippen MR) is 60.0 cm³/mol. The molecule has 2 heterocycles. The van der Waals surface area contributed by atoms with Crippen molar-refractivity contribution in [2.75, 3.05) is 0 Å². The minimum atomic E-state index is -5.03. The van der Waals surface area contributed by atoms with Crippen LogP contribution in [0.2, 0.25) is 6.85 Å². The minimum absolute atomic E-state index is 0.290. The number of fused-ring (bicyclic) bond motifs is 3. The van der Waals surface area contributed by atoms with Crippen LogP contribution in [0.1, 0.15) is 25.7 Å². The Kier molecular flexibility index (Phi) is 8.00. The van der Waals surface area contributed by atoms with E-state index >= 15 is 0 Å². The van der Waals surface area contributed by atoms with Gasteiger partial charge in [-0.25, -0.2) is 0 Å². The molecule has 2 aliphatic rings. The summed E-state index contributed by atoms with van der Waals surface area (Å²) >= 11 is -5.43. The summed E-state index contributed by atoms with van der Waals surface area (Å²) in [4.78, 5) is 32.1. The predicted octanol–water partition coefficient (Wildman–Crippen LogP) is 3.04. The summed E-state index contributed by atoms with van der Waals surface area (Å²) in [5.74, 6) is -4.38. The first-order valence-electron chi connectivity index (χ1n) is 7.78. The van der Waals surface area contributed by atoms with Crippen molar-refractivity contribution in [1.82, 2.24) is 0 Å². The first-order chi connectivity index (χ1) is 12.0. The molecule has 0 saturated carbocycles. The van der Waals surface area contributed by atoms with Gasteiger partial charge in [-0.15, -0.1) is 0 Å². The molecule has 0 amide bonds. The maximum atomic E-state index is 12.2. The average Bonchev–Trinajstić information content (AvgIpc) is 2.84. The molecule has 0 aliphatic carbocycles. The van der Waals surface area contributed by atoms with E-state index in [1.54, 1.807) is 0 Å². The Labute approximate surface area is 169 Å². The molecular weight excluding hydrogens is 755 g/mol. The van der Waals surface area contributed by atoms with E-state index in [2.05, 4.69) is 5.29 Å². The van der Waals surface area contributed by atoms with Gasteiger partial charge in [-0.2, -0.15) is 0 Å². The topological polar surface area (TPSA) is 71.1 Å². The molecule has 0 aromatic rings. The number of halogens is 6. The van der Waals surface area contributed by atoms with Crippen LogP contribution in [0.5, 0.6) is 0 Å². The van der Waals surface area contributed by atoms with Crippen molar-refractivity contribution in [3.8, 4) is 0 Å². The van der Waals surface area contributed by atoms with E-state index in [0.717, 1.165) is 0 Å². The Morgan fingerprint density at radius 1 is 0.731 bits per heavy atom. The number of hydrogen-bond donors (Lipinski definition) is 0. The summed E-state index contributed by atoms with van der Waals surface area (Å²) in [6.07, 6.45) is -9.59. The van der Waals surface area contributed by atoms with E-state index in [-0.39, 0.29) is 6.85 Å². The molecule has 2 unspecified atom stereocenters. The van der Waals surface area contributed by atoms with E-state index in [4.69, 9.17) is 9.78 Å². The summed E-state index contributed by atoms with van der Waals surface area (Å²) < 4.78 is 81.6. The normalized spacial score (nSPS) is 29.0. The van der Waals surface area contributed by atoms with E-state index in [1.807, 2.05) is 0 Å². The molecule has 2 bridgehead atoms. The van der Waals surface area contributed by atoms with Crippen molar-refractivity contribution in [2.45, 2.75) is 57.1 Å².